The van der Waals surface area contributed by atoms with Gasteiger partial charge in [-0.05, 0) is 20.8 Å². The summed E-state index contributed by atoms with van der Waals surface area (Å²) in [7, 11) is 1.83. The van der Waals surface area contributed by atoms with Crippen LogP contribution in [0, 0.1) is 6.92 Å². The minimum absolute atomic E-state index is 0.000394. The lowest BCUT2D eigenvalue weighted by Crippen LogP contribution is -2.56. The molecule has 1 atom stereocenters. The van der Waals surface area contributed by atoms with Gasteiger partial charge in [-0.3, -0.25) is 9.48 Å². The molecule has 19 heavy (non-hydrogen) atoms. The average molecular weight is 266 g/mol. The van der Waals surface area contributed by atoms with Crippen molar-refractivity contribution in [3.8, 4) is 0 Å². The van der Waals surface area contributed by atoms with Gasteiger partial charge >= 0.3 is 0 Å². The Morgan fingerprint density at radius 3 is 2.84 bits per heavy atom. The largest absolute Gasteiger partial charge is 0.367 e. The van der Waals surface area contributed by atoms with Gasteiger partial charge in [-0.25, -0.2) is 0 Å². The molecule has 6 heteroatoms. The fourth-order valence-electron chi connectivity index (χ4n) is 2.45. The van der Waals surface area contributed by atoms with Gasteiger partial charge < -0.3 is 15.4 Å². The molecule has 1 unspecified atom stereocenters. The Hall–Kier alpha value is -1.40. The summed E-state index contributed by atoms with van der Waals surface area (Å²) in [5.74, 6) is 0.000394. The Labute approximate surface area is 113 Å². The molecule has 1 aliphatic rings. The minimum atomic E-state index is -0.367. The normalized spacial score (nSPS) is 22.6. The van der Waals surface area contributed by atoms with Crippen LogP contribution >= 0.6 is 0 Å². The Morgan fingerprint density at radius 1 is 1.63 bits per heavy atom. The second-order valence-electron chi connectivity index (χ2n) is 5.69. The predicted octanol–water partition coefficient (Wildman–Crippen LogP) is 0.307. The van der Waals surface area contributed by atoms with Crippen LogP contribution in [0.5, 0.6) is 0 Å². The Bertz CT molecular complexity index is 481. The molecule has 1 saturated heterocycles. The zero-order chi connectivity index (χ0) is 14.2. The molecular weight excluding hydrogens is 244 g/mol. The highest BCUT2D eigenvalue weighted by Crippen LogP contribution is 2.22. The number of aryl methyl sites for hydroxylation is 1. The maximum Gasteiger partial charge on any atom is 0.257 e. The highest BCUT2D eigenvalue weighted by molar-refractivity contribution is 5.95. The van der Waals surface area contributed by atoms with Crippen LogP contribution in [0.2, 0.25) is 0 Å². The van der Waals surface area contributed by atoms with Gasteiger partial charge in [0.15, 0.2) is 0 Å². The lowest BCUT2D eigenvalue weighted by molar-refractivity contribution is -0.122. The van der Waals surface area contributed by atoms with E-state index in [9.17, 15) is 4.79 Å². The third-order valence-electron chi connectivity index (χ3n) is 3.50. The number of nitrogens with two attached hydrogens (primary N) is 1. The topological polar surface area (TPSA) is 73.4 Å². The quantitative estimate of drug-likeness (QED) is 0.836. The number of rotatable bonds is 2. The summed E-state index contributed by atoms with van der Waals surface area (Å²) in [6.07, 6.45) is 1.52. The number of carbonyl (C=O) groups is 1. The van der Waals surface area contributed by atoms with Gasteiger partial charge in [0.05, 0.1) is 23.5 Å². The van der Waals surface area contributed by atoms with Gasteiger partial charge in [0.1, 0.15) is 0 Å². The Kier molecular flexibility index (Phi) is 3.64. The van der Waals surface area contributed by atoms with Crippen LogP contribution in [0.4, 0.5) is 0 Å². The lowest BCUT2D eigenvalue weighted by Gasteiger charge is -2.42. The van der Waals surface area contributed by atoms with E-state index in [4.69, 9.17) is 10.5 Å². The summed E-state index contributed by atoms with van der Waals surface area (Å²) >= 11 is 0. The van der Waals surface area contributed by atoms with Crippen LogP contribution in [0.3, 0.4) is 0 Å². The average Bonchev–Trinajstić information content (AvgIpc) is 2.67. The third kappa shape index (κ3) is 2.79. The summed E-state index contributed by atoms with van der Waals surface area (Å²) in [6.45, 7) is 7.37. The molecule has 6 nitrogen and oxygen atoms in total. The van der Waals surface area contributed by atoms with Crippen molar-refractivity contribution in [1.29, 1.82) is 0 Å². The van der Waals surface area contributed by atoms with Crippen LogP contribution < -0.4 is 5.73 Å². The summed E-state index contributed by atoms with van der Waals surface area (Å²) in [5.41, 5.74) is 6.84. The highest BCUT2D eigenvalue weighted by Gasteiger charge is 2.36. The zero-order valence-electron chi connectivity index (χ0n) is 12.0. The van der Waals surface area contributed by atoms with E-state index < -0.39 is 0 Å². The summed E-state index contributed by atoms with van der Waals surface area (Å²) in [5, 5.41) is 4.12. The molecule has 1 aromatic rings. The number of carbonyl (C=O) groups excluding carboxylic acids is 1. The smallest absolute Gasteiger partial charge is 0.257 e. The van der Waals surface area contributed by atoms with Crippen LogP contribution in [0.15, 0.2) is 6.20 Å². The summed E-state index contributed by atoms with van der Waals surface area (Å²) in [4.78, 5) is 14.4. The van der Waals surface area contributed by atoms with Crippen molar-refractivity contribution < 1.29 is 9.53 Å². The molecule has 0 aromatic carbocycles. The van der Waals surface area contributed by atoms with E-state index >= 15 is 0 Å². The molecule has 1 fully saturated rings. The van der Waals surface area contributed by atoms with E-state index in [1.165, 1.54) is 0 Å². The number of aromatic nitrogens is 2. The first-order chi connectivity index (χ1) is 8.84. The van der Waals surface area contributed by atoms with Crippen molar-refractivity contribution in [2.24, 2.45) is 12.8 Å². The van der Waals surface area contributed by atoms with Crippen molar-refractivity contribution in [3.05, 3.63) is 17.5 Å². The van der Waals surface area contributed by atoms with Crippen LogP contribution in [-0.2, 0) is 11.8 Å². The third-order valence-corrected chi connectivity index (χ3v) is 3.50. The second kappa shape index (κ2) is 4.94. The lowest BCUT2D eigenvalue weighted by atomic mass is 10.0. The van der Waals surface area contributed by atoms with E-state index in [2.05, 4.69) is 5.10 Å². The summed E-state index contributed by atoms with van der Waals surface area (Å²) < 4.78 is 7.54. The van der Waals surface area contributed by atoms with Crippen LogP contribution in [0.1, 0.15) is 29.9 Å². The van der Waals surface area contributed by atoms with Crippen LogP contribution in [-0.4, -0.2) is 51.9 Å². The van der Waals surface area contributed by atoms with E-state index in [1.54, 1.807) is 10.9 Å². The van der Waals surface area contributed by atoms with Crippen molar-refractivity contribution >= 4 is 5.91 Å². The van der Waals surface area contributed by atoms with Crippen molar-refractivity contribution in [2.45, 2.75) is 32.5 Å². The Balaban J connectivity index is 2.21. The molecule has 0 aliphatic carbocycles. The standard InChI is InChI=1S/C13H22N4O2/c1-9-11(6-15-16(9)4)12(18)17-7-10(5-14)19-13(2,3)8-17/h6,10H,5,7-8,14H2,1-4H3. The molecule has 1 aromatic heterocycles. The van der Waals surface area contributed by atoms with Crippen LogP contribution in [0.25, 0.3) is 0 Å². The molecule has 0 radical (unpaired) electrons. The van der Waals surface area contributed by atoms with Gasteiger partial charge in [0.25, 0.3) is 5.91 Å². The van der Waals surface area contributed by atoms with E-state index in [1.807, 2.05) is 32.7 Å². The first-order valence-corrected chi connectivity index (χ1v) is 6.50. The molecule has 0 spiro atoms. The Morgan fingerprint density at radius 2 is 2.32 bits per heavy atom. The van der Waals surface area contributed by atoms with Crippen molar-refractivity contribution in [2.75, 3.05) is 19.6 Å². The molecule has 2 N–H and O–H groups in total. The number of hydrogen-bond acceptors (Lipinski definition) is 4. The zero-order valence-corrected chi connectivity index (χ0v) is 12.0. The number of hydrogen-bond donors (Lipinski definition) is 1. The number of ether oxygens (including phenoxy) is 1. The van der Waals surface area contributed by atoms with E-state index in [0.29, 0.717) is 25.2 Å². The molecule has 1 amide bonds. The highest BCUT2D eigenvalue weighted by atomic mass is 16.5. The molecular formula is C13H22N4O2. The van der Waals surface area contributed by atoms with Gasteiger partial charge in [-0.2, -0.15) is 5.10 Å². The SMILES string of the molecule is Cc1c(C(=O)N2CC(CN)OC(C)(C)C2)cnn1C. The molecule has 0 saturated carbocycles. The molecule has 0 bridgehead atoms. The molecule has 2 heterocycles. The summed E-state index contributed by atoms with van der Waals surface area (Å²) in [6, 6.07) is 0. The second-order valence-corrected chi connectivity index (χ2v) is 5.69. The van der Waals surface area contributed by atoms with Gasteiger partial charge in [-0.15, -0.1) is 0 Å². The molecule has 2 rings (SSSR count). The van der Waals surface area contributed by atoms with Crippen molar-refractivity contribution in [3.63, 3.8) is 0 Å². The number of nitrogens with zero attached hydrogens (tertiary/aromatic N) is 3. The van der Waals surface area contributed by atoms with E-state index in [-0.39, 0.29) is 17.6 Å². The van der Waals surface area contributed by atoms with Gasteiger partial charge in [0, 0.05) is 32.4 Å². The monoisotopic (exact) mass is 266 g/mol. The first-order valence-electron chi connectivity index (χ1n) is 6.50. The maximum atomic E-state index is 12.6. The van der Waals surface area contributed by atoms with E-state index in [0.717, 1.165) is 5.69 Å². The molecule has 106 valence electrons. The first kappa shape index (κ1) is 14.0. The minimum Gasteiger partial charge on any atom is -0.367 e. The van der Waals surface area contributed by atoms with Gasteiger partial charge in [-0.1, -0.05) is 0 Å². The fraction of sp³-hybridized carbons (Fsp3) is 0.692. The maximum absolute atomic E-state index is 12.6. The molecule has 1 aliphatic heterocycles. The number of amides is 1. The van der Waals surface area contributed by atoms with Crippen molar-refractivity contribution in [1.82, 2.24) is 14.7 Å². The number of morpholine rings is 1. The van der Waals surface area contributed by atoms with Gasteiger partial charge in [0.2, 0.25) is 0 Å². The predicted molar refractivity (Wildman–Crippen MR) is 71.9 cm³/mol. The fourth-order valence-corrected chi connectivity index (χ4v) is 2.45.